The van der Waals surface area contributed by atoms with Crippen molar-refractivity contribution < 1.29 is 4.79 Å². The quantitative estimate of drug-likeness (QED) is 0.204. The van der Waals surface area contributed by atoms with E-state index in [0.717, 1.165) is 51.2 Å². The molecule has 1 fully saturated rings. The van der Waals surface area contributed by atoms with Crippen LogP contribution in [0.1, 0.15) is 30.9 Å². The molecule has 4 N–H and O–H groups in total. The van der Waals surface area contributed by atoms with Crippen LogP contribution in [0.3, 0.4) is 0 Å². The molecule has 200 valence electrons. The Bertz CT molecular complexity index is 1560. The summed E-state index contributed by atoms with van der Waals surface area (Å²) < 4.78 is 0. The molecule has 1 aromatic heterocycles. The van der Waals surface area contributed by atoms with E-state index in [4.69, 9.17) is 22.3 Å². The number of amides is 1. The number of anilines is 4. The molecule has 3 aromatic carbocycles. The zero-order chi connectivity index (χ0) is 27.7. The van der Waals surface area contributed by atoms with Gasteiger partial charge in [-0.1, -0.05) is 74.5 Å². The molecular formula is C32H34ClN5O. The van der Waals surface area contributed by atoms with Crippen LogP contribution in [0, 0.1) is 12.8 Å². The van der Waals surface area contributed by atoms with Gasteiger partial charge in [0.25, 0.3) is 0 Å². The monoisotopic (exact) mass is 539 g/mol. The van der Waals surface area contributed by atoms with E-state index in [0.29, 0.717) is 35.8 Å². The number of rotatable bonds is 8. The molecule has 1 amide bonds. The van der Waals surface area contributed by atoms with Crippen molar-refractivity contribution in [1.29, 1.82) is 0 Å². The molecule has 0 atom stereocenters. The Morgan fingerprint density at radius 2 is 1.92 bits per heavy atom. The maximum atomic E-state index is 11.9. The molecule has 1 aliphatic rings. The molecule has 0 radical (unpaired) electrons. The fourth-order valence-electron chi connectivity index (χ4n) is 5.17. The van der Waals surface area contributed by atoms with Crippen LogP contribution in [0.4, 0.5) is 22.9 Å². The van der Waals surface area contributed by atoms with Gasteiger partial charge in [0.15, 0.2) is 0 Å². The van der Waals surface area contributed by atoms with Crippen LogP contribution in [0.25, 0.3) is 22.0 Å². The van der Waals surface area contributed by atoms with Crippen LogP contribution >= 0.6 is 11.6 Å². The Morgan fingerprint density at radius 1 is 1.15 bits per heavy atom. The Morgan fingerprint density at radius 3 is 2.67 bits per heavy atom. The Balaban J connectivity index is 1.56. The fraction of sp³-hybridized carbons (Fsp3) is 0.250. The summed E-state index contributed by atoms with van der Waals surface area (Å²) >= 11 is 6.94. The van der Waals surface area contributed by atoms with Crippen molar-refractivity contribution in [3.05, 3.63) is 89.5 Å². The minimum atomic E-state index is -0.0244. The molecule has 0 saturated carbocycles. The van der Waals surface area contributed by atoms with E-state index in [2.05, 4.69) is 62.2 Å². The normalized spacial score (nSPS) is 13.4. The van der Waals surface area contributed by atoms with Crippen LogP contribution in [-0.2, 0) is 4.79 Å². The summed E-state index contributed by atoms with van der Waals surface area (Å²) in [7, 11) is 0. The number of aromatic nitrogens is 1. The van der Waals surface area contributed by atoms with Gasteiger partial charge in [-0.15, -0.1) is 0 Å². The molecule has 4 aromatic rings. The molecule has 5 rings (SSSR count). The van der Waals surface area contributed by atoms with Crippen molar-refractivity contribution in [3.8, 4) is 11.3 Å². The number of aryl methyl sites for hydroxylation is 1. The summed E-state index contributed by atoms with van der Waals surface area (Å²) in [5.41, 5.74) is 13.0. The van der Waals surface area contributed by atoms with E-state index in [1.165, 1.54) is 11.6 Å². The second kappa shape index (κ2) is 11.0. The average Bonchev–Trinajstić information content (AvgIpc) is 2.89. The van der Waals surface area contributed by atoms with Crippen LogP contribution in [0.5, 0.6) is 0 Å². The molecule has 0 spiro atoms. The standard InChI is InChI=1S/C32H34ClN5O/c1-5-30(39)38-17-21(18-38)16-35-27-15-26(33)25(32-24-11-7-6-10-22(24)13-29(34)37-32)14-28(27)36-31-20(4)9-8-12-23(31)19(2)3/h5-15,19,21,35-36H,1,16-18H2,2-4H3,(H2,34,37). The number of benzene rings is 3. The van der Waals surface area contributed by atoms with Gasteiger partial charge >= 0.3 is 0 Å². The first-order valence-corrected chi connectivity index (χ1v) is 13.6. The van der Waals surface area contributed by atoms with E-state index >= 15 is 0 Å². The molecule has 0 bridgehead atoms. The summed E-state index contributed by atoms with van der Waals surface area (Å²) in [6.07, 6.45) is 1.37. The first-order chi connectivity index (χ1) is 18.7. The van der Waals surface area contributed by atoms with Gasteiger partial charge in [-0.25, -0.2) is 4.98 Å². The number of hydrogen-bond acceptors (Lipinski definition) is 5. The third kappa shape index (κ3) is 5.43. The van der Waals surface area contributed by atoms with Crippen molar-refractivity contribution in [2.45, 2.75) is 26.7 Å². The lowest BCUT2D eigenvalue weighted by Gasteiger charge is -2.39. The number of likely N-dealkylation sites (tertiary alicyclic amines) is 1. The SMILES string of the molecule is C=CC(=O)N1CC(CNc2cc(Cl)c(-c3nc(N)cc4ccccc34)cc2Nc2c(C)cccc2C(C)C)C1. The highest BCUT2D eigenvalue weighted by atomic mass is 35.5. The van der Waals surface area contributed by atoms with Gasteiger partial charge in [0.05, 0.1) is 22.1 Å². The number of nitrogens with zero attached hydrogens (tertiary/aromatic N) is 2. The van der Waals surface area contributed by atoms with E-state index in [1.807, 2.05) is 36.4 Å². The number of hydrogen-bond donors (Lipinski definition) is 3. The largest absolute Gasteiger partial charge is 0.384 e. The number of para-hydroxylation sites is 1. The number of fused-ring (bicyclic) bond motifs is 1. The lowest BCUT2D eigenvalue weighted by molar-refractivity contribution is -0.131. The van der Waals surface area contributed by atoms with Gasteiger partial charge in [-0.2, -0.15) is 0 Å². The summed E-state index contributed by atoms with van der Waals surface area (Å²) in [5.74, 6) is 1.12. The van der Waals surface area contributed by atoms with Crippen molar-refractivity contribution in [2.24, 2.45) is 5.92 Å². The number of halogens is 1. The number of nitrogen functional groups attached to an aromatic ring is 1. The highest BCUT2D eigenvalue weighted by Gasteiger charge is 2.29. The predicted molar refractivity (Wildman–Crippen MR) is 164 cm³/mol. The van der Waals surface area contributed by atoms with Gasteiger partial charge in [0.2, 0.25) is 5.91 Å². The van der Waals surface area contributed by atoms with Gasteiger partial charge < -0.3 is 21.3 Å². The molecule has 39 heavy (non-hydrogen) atoms. The molecule has 1 aliphatic heterocycles. The van der Waals surface area contributed by atoms with Crippen molar-refractivity contribution in [3.63, 3.8) is 0 Å². The van der Waals surface area contributed by atoms with Gasteiger partial charge in [-0.05, 0) is 53.6 Å². The van der Waals surface area contributed by atoms with Crippen molar-refractivity contribution in [2.75, 3.05) is 36.0 Å². The van der Waals surface area contributed by atoms with Crippen LogP contribution in [0.15, 0.2) is 73.3 Å². The maximum Gasteiger partial charge on any atom is 0.245 e. The van der Waals surface area contributed by atoms with Crippen molar-refractivity contribution >= 4 is 51.2 Å². The first-order valence-electron chi connectivity index (χ1n) is 13.3. The molecule has 2 heterocycles. The van der Waals surface area contributed by atoms with E-state index in [-0.39, 0.29) is 5.91 Å². The molecule has 7 heteroatoms. The second-order valence-corrected chi connectivity index (χ2v) is 10.9. The van der Waals surface area contributed by atoms with Crippen molar-refractivity contribution in [1.82, 2.24) is 9.88 Å². The summed E-state index contributed by atoms with van der Waals surface area (Å²) in [4.78, 5) is 18.4. The molecule has 0 aliphatic carbocycles. The summed E-state index contributed by atoms with van der Waals surface area (Å²) in [6, 6.07) is 20.3. The van der Waals surface area contributed by atoms with Crippen LogP contribution in [-0.4, -0.2) is 35.4 Å². The highest BCUT2D eigenvalue weighted by Crippen LogP contribution is 2.41. The smallest absolute Gasteiger partial charge is 0.245 e. The van der Waals surface area contributed by atoms with Crippen LogP contribution < -0.4 is 16.4 Å². The molecular weight excluding hydrogens is 506 g/mol. The molecule has 1 saturated heterocycles. The average molecular weight is 540 g/mol. The Kier molecular flexibility index (Phi) is 7.49. The highest BCUT2D eigenvalue weighted by molar-refractivity contribution is 6.34. The Hall–Kier alpha value is -4.03. The fourth-order valence-corrected chi connectivity index (χ4v) is 5.42. The predicted octanol–water partition coefficient (Wildman–Crippen LogP) is 7.37. The number of nitrogens with one attached hydrogen (secondary N) is 2. The molecule has 6 nitrogen and oxygen atoms in total. The Labute approximate surface area is 234 Å². The summed E-state index contributed by atoms with van der Waals surface area (Å²) in [6.45, 7) is 12.2. The maximum absolute atomic E-state index is 11.9. The second-order valence-electron chi connectivity index (χ2n) is 10.5. The van der Waals surface area contributed by atoms with Gasteiger partial charge in [0.1, 0.15) is 5.82 Å². The number of carbonyl (C=O) groups is 1. The lowest BCUT2D eigenvalue weighted by atomic mass is 9.97. The third-order valence-corrected chi connectivity index (χ3v) is 7.65. The molecule has 0 unspecified atom stereocenters. The number of pyridine rings is 1. The zero-order valence-electron chi connectivity index (χ0n) is 22.6. The van der Waals surface area contributed by atoms with E-state index < -0.39 is 0 Å². The van der Waals surface area contributed by atoms with E-state index in [1.54, 1.807) is 4.90 Å². The van der Waals surface area contributed by atoms with Gasteiger partial charge in [0, 0.05) is 42.2 Å². The van der Waals surface area contributed by atoms with Crippen LogP contribution in [0.2, 0.25) is 5.02 Å². The number of nitrogens with two attached hydrogens (primary N) is 1. The topological polar surface area (TPSA) is 83.3 Å². The zero-order valence-corrected chi connectivity index (χ0v) is 23.3. The minimum absolute atomic E-state index is 0.0244. The lowest BCUT2D eigenvalue weighted by Crippen LogP contribution is -2.51. The number of carbonyl (C=O) groups excluding carboxylic acids is 1. The first kappa shape index (κ1) is 26.6. The third-order valence-electron chi connectivity index (χ3n) is 7.33. The van der Waals surface area contributed by atoms with Gasteiger partial charge in [-0.3, -0.25) is 4.79 Å². The summed E-state index contributed by atoms with van der Waals surface area (Å²) in [5, 5.41) is 9.90. The minimum Gasteiger partial charge on any atom is -0.384 e. The van der Waals surface area contributed by atoms with E-state index in [9.17, 15) is 4.79 Å².